The number of alkyl halides is 6. The summed E-state index contributed by atoms with van der Waals surface area (Å²) >= 11 is 1.14. The quantitative estimate of drug-likeness (QED) is 0.402. The van der Waals surface area contributed by atoms with Crippen molar-refractivity contribution in [1.29, 1.82) is 0 Å². The smallest absolute Gasteiger partial charge is 0.369 e. The van der Waals surface area contributed by atoms with Gasteiger partial charge in [-0.2, -0.15) is 26.3 Å². The van der Waals surface area contributed by atoms with Crippen LogP contribution in [-0.2, 0) is 18.8 Å². The van der Waals surface area contributed by atoms with Gasteiger partial charge in [0.1, 0.15) is 10.6 Å². The summed E-state index contributed by atoms with van der Waals surface area (Å²) in [4.78, 5) is 8.20. The summed E-state index contributed by atoms with van der Waals surface area (Å²) in [6.07, 6.45) is -8.30. The second kappa shape index (κ2) is 7.57. The van der Waals surface area contributed by atoms with Gasteiger partial charge in [-0.3, -0.25) is 0 Å². The molecule has 0 saturated heterocycles. The lowest BCUT2D eigenvalue weighted by atomic mass is 10.1. The molecular weight excluding hydrogens is 404 g/mol. The number of thiophene rings is 1. The lowest BCUT2D eigenvalue weighted by Gasteiger charge is -2.11. The number of aromatic nitrogens is 2. The molecule has 3 nitrogen and oxygen atoms in total. The van der Waals surface area contributed by atoms with Gasteiger partial charge in [0.25, 0.3) is 0 Å². The molecule has 28 heavy (non-hydrogen) atoms. The van der Waals surface area contributed by atoms with Gasteiger partial charge in [0, 0.05) is 11.4 Å². The number of hydrogen-bond acceptors (Lipinski definition) is 4. The lowest BCUT2D eigenvalue weighted by Crippen LogP contribution is -2.14. The minimum Gasteiger partial charge on any atom is -0.369 e. The summed E-state index contributed by atoms with van der Waals surface area (Å²) in [5.41, 5.74) is -0.217. The van der Waals surface area contributed by atoms with Gasteiger partial charge < -0.3 is 5.32 Å². The molecular formula is C18H15F6N3S. The Bertz CT molecular complexity index is 978. The molecule has 2 aromatic heterocycles. The summed E-state index contributed by atoms with van der Waals surface area (Å²) in [5.74, 6) is -1.15. The van der Waals surface area contributed by atoms with E-state index in [0.29, 0.717) is 23.8 Å². The average Bonchev–Trinajstić information content (AvgIpc) is 2.97. The monoisotopic (exact) mass is 419 g/mol. The highest BCUT2D eigenvalue weighted by Gasteiger charge is 2.36. The number of halogens is 6. The normalized spacial score (nSPS) is 12.5. The highest BCUT2D eigenvalue weighted by Crippen LogP contribution is 2.34. The van der Waals surface area contributed by atoms with Crippen molar-refractivity contribution in [1.82, 2.24) is 9.97 Å². The Morgan fingerprint density at radius 2 is 1.75 bits per heavy atom. The van der Waals surface area contributed by atoms with Gasteiger partial charge in [0.05, 0.1) is 10.9 Å². The first-order chi connectivity index (χ1) is 13.0. The first-order valence-corrected chi connectivity index (χ1v) is 9.11. The van der Waals surface area contributed by atoms with E-state index in [1.54, 1.807) is 19.1 Å². The van der Waals surface area contributed by atoms with Crippen LogP contribution < -0.4 is 5.32 Å². The summed E-state index contributed by atoms with van der Waals surface area (Å²) in [5, 5.41) is 3.36. The Kier molecular flexibility index (Phi) is 5.51. The molecule has 0 radical (unpaired) electrons. The maximum atomic E-state index is 13.0. The minimum absolute atomic E-state index is 0.0747. The molecule has 1 aromatic carbocycles. The Labute approximate surface area is 160 Å². The maximum absolute atomic E-state index is 13.0. The van der Waals surface area contributed by atoms with Gasteiger partial charge >= 0.3 is 12.4 Å². The van der Waals surface area contributed by atoms with E-state index in [1.807, 2.05) is 0 Å². The van der Waals surface area contributed by atoms with Gasteiger partial charge in [-0.05, 0) is 37.5 Å². The summed E-state index contributed by atoms with van der Waals surface area (Å²) in [6, 6.07) is 6.70. The van der Waals surface area contributed by atoms with E-state index in [2.05, 4.69) is 15.3 Å². The third-order valence-electron chi connectivity index (χ3n) is 3.96. The van der Waals surface area contributed by atoms with Crippen LogP contribution in [0.1, 0.15) is 28.2 Å². The van der Waals surface area contributed by atoms with E-state index in [-0.39, 0.29) is 17.2 Å². The zero-order valence-corrected chi connectivity index (χ0v) is 15.4. The Morgan fingerprint density at radius 3 is 2.43 bits per heavy atom. The molecule has 0 bridgehead atoms. The van der Waals surface area contributed by atoms with Crippen LogP contribution >= 0.6 is 11.3 Å². The fourth-order valence-electron chi connectivity index (χ4n) is 2.71. The highest BCUT2D eigenvalue weighted by molar-refractivity contribution is 7.18. The molecule has 0 atom stereocenters. The number of hydrogen-bond donors (Lipinski definition) is 1. The molecule has 3 aromatic rings. The zero-order chi connectivity index (χ0) is 20.5. The van der Waals surface area contributed by atoms with Crippen LogP contribution in [0.5, 0.6) is 0 Å². The highest BCUT2D eigenvalue weighted by atomic mass is 32.1. The number of aryl methyl sites for hydroxylation is 2. The Morgan fingerprint density at radius 1 is 1.00 bits per heavy atom. The Balaban J connectivity index is 1.70. The second-order valence-corrected chi connectivity index (χ2v) is 7.43. The van der Waals surface area contributed by atoms with E-state index in [9.17, 15) is 26.3 Å². The number of benzene rings is 1. The van der Waals surface area contributed by atoms with E-state index >= 15 is 0 Å². The number of nitrogens with zero attached hydrogens (tertiary/aromatic N) is 2. The third-order valence-corrected chi connectivity index (χ3v) is 4.90. The van der Waals surface area contributed by atoms with Gasteiger partial charge in [-0.25, -0.2) is 9.97 Å². The zero-order valence-electron chi connectivity index (χ0n) is 14.6. The van der Waals surface area contributed by atoms with Crippen molar-refractivity contribution >= 4 is 27.4 Å². The summed E-state index contributed by atoms with van der Waals surface area (Å²) < 4.78 is 77.3. The van der Waals surface area contributed by atoms with Gasteiger partial charge in [0.15, 0.2) is 0 Å². The first kappa shape index (κ1) is 20.4. The summed E-state index contributed by atoms with van der Waals surface area (Å²) in [7, 11) is 0. The van der Waals surface area contributed by atoms with Crippen molar-refractivity contribution in [2.24, 2.45) is 0 Å². The van der Waals surface area contributed by atoms with E-state index in [4.69, 9.17) is 0 Å². The molecule has 0 spiro atoms. The van der Waals surface area contributed by atoms with Crippen molar-refractivity contribution in [3.05, 3.63) is 52.2 Å². The molecule has 1 N–H and O–H groups in total. The van der Waals surface area contributed by atoms with Gasteiger partial charge in [-0.1, -0.05) is 18.2 Å². The molecule has 0 unspecified atom stereocenters. The van der Waals surface area contributed by atoms with Crippen LogP contribution in [0, 0.1) is 6.92 Å². The lowest BCUT2D eigenvalue weighted by molar-refractivity contribution is -0.144. The van der Waals surface area contributed by atoms with E-state index in [1.165, 1.54) is 6.07 Å². The molecule has 3 rings (SSSR count). The van der Waals surface area contributed by atoms with Gasteiger partial charge in [-0.15, -0.1) is 11.3 Å². The summed E-state index contributed by atoms with van der Waals surface area (Å²) in [6.45, 7) is 2.02. The average molecular weight is 419 g/mol. The molecule has 10 heteroatoms. The minimum atomic E-state index is -4.67. The predicted octanol–water partition coefficient (Wildman–Crippen LogP) is 6.08. The second-order valence-electron chi connectivity index (χ2n) is 6.20. The number of nitrogens with one attached hydrogen (secondary N) is 1. The third kappa shape index (κ3) is 4.73. The van der Waals surface area contributed by atoms with Crippen LogP contribution in [0.15, 0.2) is 30.3 Å². The van der Waals surface area contributed by atoms with E-state index < -0.39 is 23.7 Å². The molecule has 0 amide bonds. The number of anilines is 1. The molecule has 2 heterocycles. The molecule has 0 fully saturated rings. The molecule has 0 saturated carbocycles. The number of rotatable bonds is 5. The maximum Gasteiger partial charge on any atom is 0.451 e. The van der Waals surface area contributed by atoms with Crippen LogP contribution in [0.4, 0.5) is 32.2 Å². The fourth-order valence-corrected chi connectivity index (χ4v) is 3.59. The van der Waals surface area contributed by atoms with Crippen molar-refractivity contribution in [3.63, 3.8) is 0 Å². The van der Waals surface area contributed by atoms with E-state index in [0.717, 1.165) is 28.3 Å². The van der Waals surface area contributed by atoms with Crippen LogP contribution in [0.3, 0.4) is 0 Å². The van der Waals surface area contributed by atoms with Crippen molar-refractivity contribution in [2.75, 3.05) is 11.9 Å². The molecule has 0 aliphatic carbocycles. The van der Waals surface area contributed by atoms with Crippen LogP contribution in [0.2, 0.25) is 0 Å². The molecule has 0 aliphatic heterocycles. The van der Waals surface area contributed by atoms with Crippen LogP contribution in [-0.4, -0.2) is 16.5 Å². The topological polar surface area (TPSA) is 37.8 Å². The first-order valence-electron chi connectivity index (χ1n) is 8.29. The fraction of sp³-hybridized carbons (Fsp3) is 0.333. The van der Waals surface area contributed by atoms with Crippen LogP contribution in [0.25, 0.3) is 10.2 Å². The largest absolute Gasteiger partial charge is 0.451 e. The molecule has 0 aliphatic rings. The SMILES string of the molecule is Cc1cc2c(NCCCc3cccc(C(F)(F)F)c3)nc(C(F)(F)F)nc2s1. The number of fused-ring (bicyclic) bond motifs is 1. The predicted molar refractivity (Wildman–Crippen MR) is 95.4 cm³/mol. The van der Waals surface area contributed by atoms with Crippen molar-refractivity contribution in [2.45, 2.75) is 32.1 Å². The Hall–Kier alpha value is -2.36. The van der Waals surface area contributed by atoms with Gasteiger partial charge in [0.2, 0.25) is 5.82 Å². The van der Waals surface area contributed by atoms with Crippen molar-refractivity contribution < 1.29 is 26.3 Å². The standard InChI is InChI=1S/C18H15F6N3S/c1-10-8-13-14(26-16(18(22,23)24)27-15(13)28-10)25-7-3-5-11-4-2-6-12(9-11)17(19,20)21/h2,4,6,8-9H,3,5,7H2,1H3,(H,25,26,27). The van der Waals surface area contributed by atoms with Crippen molar-refractivity contribution in [3.8, 4) is 0 Å². The molecule has 150 valence electrons.